The van der Waals surface area contributed by atoms with E-state index in [9.17, 15) is 14.4 Å². The number of benzene rings is 1. The lowest BCUT2D eigenvalue weighted by Crippen LogP contribution is -2.53. The predicted octanol–water partition coefficient (Wildman–Crippen LogP) is 2.86. The minimum atomic E-state index is -0.603. The Morgan fingerprint density at radius 3 is 2.29 bits per heavy atom. The second-order valence-electron chi connectivity index (χ2n) is 7.59. The fourth-order valence-corrected chi connectivity index (χ4v) is 3.42. The van der Waals surface area contributed by atoms with Gasteiger partial charge in [-0.25, -0.2) is 0 Å². The van der Waals surface area contributed by atoms with E-state index in [1.807, 2.05) is 20.8 Å². The van der Waals surface area contributed by atoms with Crippen molar-refractivity contribution in [3.63, 3.8) is 0 Å². The number of amides is 3. The van der Waals surface area contributed by atoms with E-state index in [0.29, 0.717) is 43.1 Å². The lowest BCUT2D eigenvalue weighted by atomic mass is 9.94. The number of nitrogens with zero attached hydrogens (tertiary/aromatic N) is 1. The largest absolute Gasteiger partial charge is 0.356 e. The van der Waals surface area contributed by atoms with Crippen molar-refractivity contribution in [2.75, 3.05) is 19.6 Å². The highest BCUT2D eigenvalue weighted by atomic mass is 35.5. The minimum absolute atomic E-state index is 0.0447. The third kappa shape index (κ3) is 5.96. The van der Waals surface area contributed by atoms with Gasteiger partial charge in [-0.05, 0) is 49.4 Å². The number of likely N-dealkylation sites (tertiary alicyclic amines) is 1. The molecular formula is C21H30ClN3O3. The number of nitrogens with one attached hydrogen (secondary N) is 2. The summed E-state index contributed by atoms with van der Waals surface area (Å²) in [5.41, 5.74) is 0.467. The number of halogens is 1. The average molecular weight is 408 g/mol. The van der Waals surface area contributed by atoms with Crippen LogP contribution in [0.4, 0.5) is 0 Å². The molecule has 6 nitrogen and oxygen atoms in total. The highest BCUT2D eigenvalue weighted by Gasteiger charge is 2.33. The first-order valence-corrected chi connectivity index (χ1v) is 10.3. The highest BCUT2D eigenvalue weighted by molar-refractivity contribution is 6.30. The molecule has 1 aliphatic rings. The van der Waals surface area contributed by atoms with Crippen LogP contribution in [-0.4, -0.2) is 48.3 Å². The molecule has 1 heterocycles. The van der Waals surface area contributed by atoms with Crippen LogP contribution in [0.2, 0.25) is 5.02 Å². The Labute approximate surface area is 172 Å². The summed E-state index contributed by atoms with van der Waals surface area (Å²) in [6.45, 7) is 7.59. The molecule has 0 aromatic heterocycles. The van der Waals surface area contributed by atoms with E-state index < -0.39 is 6.04 Å². The fraction of sp³-hybridized carbons (Fsp3) is 0.571. The third-order valence-electron chi connectivity index (χ3n) is 5.05. The molecule has 1 aliphatic heterocycles. The van der Waals surface area contributed by atoms with Crippen LogP contribution in [0.1, 0.15) is 50.4 Å². The maximum atomic E-state index is 13.0. The Bertz CT molecular complexity index is 683. The summed E-state index contributed by atoms with van der Waals surface area (Å²) < 4.78 is 0. The first-order valence-electron chi connectivity index (χ1n) is 9.96. The van der Waals surface area contributed by atoms with Crippen molar-refractivity contribution in [1.82, 2.24) is 15.5 Å². The van der Waals surface area contributed by atoms with E-state index in [1.165, 1.54) is 0 Å². The van der Waals surface area contributed by atoms with Crippen LogP contribution in [0.3, 0.4) is 0 Å². The van der Waals surface area contributed by atoms with Gasteiger partial charge in [-0.2, -0.15) is 0 Å². The van der Waals surface area contributed by atoms with E-state index in [1.54, 1.807) is 29.2 Å². The minimum Gasteiger partial charge on any atom is -0.356 e. The monoisotopic (exact) mass is 407 g/mol. The molecule has 1 aromatic carbocycles. The van der Waals surface area contributed by atoms with Gasteiger partial charge in [0, 0.05) is 36.1 Å². The van der Waals surface area contributed by atoms with Crippen molar-refractivity contribution in [3.05, 3.63) is 34.9 Å². The van der Waals surface area contributed by atoms with Gasteiger partial charge in [0.05, 0.1) is 0 Å². The maximum Gasteiger partial charge on any atom is 0.251 e. The Balaban J connectivity index is 1.95. The van der Waals surface area contributed by atoms with Gasteiger partial charge in [-0.3, -0.25) is 14.4 Å². The topological polar surface area (TPSA) is 78.5 Å². The van der Waals surface area contributed by atoms with E-state index in [-0.39, 0.29) is 29.6 Å². The van der Waals surface area contributed by atoms with Crippen LogP contribution in [0.15, 0.2) is 24.3 Å². The van der Waals surface area contributed by atoms with Crippen molar-refractivity contribution in [1.29, 1.82) is 0 Å². The third-order valence-corrected chi connectivity index (χ3v) is 5.30. The summed E-state index contributed by atoms with van der Waals surface area (Å²) in [5.74, 6) is -0.404. The smallest absolute Gasteiger partial charge is 0.251 e. The Morgan fingerprint density at radius 2 is 1.75 bits per heavy atom. The molecule has 0 spiro atoms. The Morgan fingerprint density at radius 1 is 1.14 bits per heavy atom. The molecular weight excluding hydrogens is 378 g/mol. The van der Waals surface area contributed by atoms with Gasteiger partial charge in [0.1, 0.15) is 6.04 Å². The Kier molecular flexibility index (Phi) is 8.30. The molecule has 1 atom stereocenters. The lowest BCUT2D eigenvalue weighted by Gasteiger charge is -2.35. The molecule has 3 amide bonds. The van der Waals surface area contributed by atoms with Gasteiger partial charge < -0.3 is 15.5 Å². The zero-order valence-corrected chi connectivity index (χ0v) is 17.6. The molecule has 1 aromatic rings. The van der Waals surface area contributed by atoms with E-state index >= 15 is 0 Å². The molecule has 154 valence electrons. The van der Waals surface area contributed by atoms with Gasteiger partial charge in [-0.1, -0.05) is 32.4 Å². The van der Waals surface area contributed by atoms with Crippen molar-refractivity contribution >= 4 is 29.3 Å². The molecule has 28 heavy (non-hydrogen) atoms. The number of carbonyl (C=O) groups excluding carboxylic acids is 3. The summed E-state index contributed by atoms with van der Waals surface area (Å²) in [7, 11) is 0. The molecule has 1 saturated heterocycles. The number of rotatable bonds is 7. The lowest BCUT2D eigenvalue weighted by molar-refractivity contribution is -0.138. The van der Waals surface area contributed by atoms with Gasteiger partial charge in [0.15, 0.2) is 0 Å². The zero-order chi connectivity index (χ0) is 20.7. The van der Waals surface area contributed by atoms with Crippen LogP contribution in [0.25, 0.3) is 0 Å². The molecule has 2 N–H and O–H groups in total. The second kappa shape index (κ2) is 10.5. The zero-order valence-electron chi connectivity index (χ0n) is 16.8. The molecule has 0 bridgehead atoms. The summed E-state index contributed by atoms with van der Waals surface area (Å²) >= 11 is 5.87. The number of hydrogen-bond acceptors (Lipinski definition) is 3. The van der Waals surface area contributed by atoms with Gasteiger partial charge >= 0.3 is 0 Å². The van der Waals surface area contributed by atoms with Crippen molar-refractivity contribution in [3.8, 4) is 0 Å². The van der Waals surface area contributed by atoms with Crippen LogP contribution in [0, 0.1) is 11.8 Å². The molecule has 0 radical (unpaired) electrons. The number of hydrogen-bond donors (Lipinski definition) is 2. The normalized spacial score (nSPS) is 16.0. The first kappa shape index (κ1) is 22.2. The van der Waals surface area contributed by atoms with Crippen LogP contribution >= 0.6 is 11.6 Å². The SMILES string of the molecule is CCCNC(=O)C1CCN(C(=O)C(NC(=O)c2ccc(Cl)cc2)C(C)C)CC1. The van der Waals surface area contributed by atoms with Crippen molar-refractivity contribution in [2.24, 2.45) is 11.8 Å². The van der Waals surface area contributed by atoms with Gasteiger partial charge in [-0.15, -0.1) is 0 Å². The quantitative estimate of drug-likeness (QED) is 0.729. The molecule has 1 unspecified atom stereocenters. The molecule has 0 saturated carbocycles. The van der Waals surface area contributed by atoms with E-state index in [4.69, 9.17) is 11.6 Å². The van der Waals surface area contributed by atoms with Crippen LogP contribution in [-0.2, 0) is 9.59 Å². The van der Waals surface area contributed by atoms with Crippen molar-refractivity contribution < 1.29 is 14.4 Å². The predicted molar refractivity (Wildman–Crippen MR) is 110 cm³/mol. The van der Waals surface area contributed by atoms with Crippen LogP contribution in [0.5, 0.6) is 0 Å². The molecule has 1 fully saturated rings. The van der Waals surface area contributed by atoms with Gasteiger partial charge in [0.2, 0.25) is 11.8 Å². The standard InChI is InChI=1S/C21H30ClN3O3/c1-4-11-23-19(26)16-9-12-25(13-10-16)21(28)18(14(2)3)24-20(27)15-5-7-17(22)8-6-15/h5-8,14,16,18H,4,9-13H2,1-3H3,(H,23,26)(H,24,27). The second-order valence-corrected chi connectivity index (χ2v) is 8.03. The molecule has 0 aliphatic carbocycles. The fourth-order valence-electron chi connectivity index (χ4n) is 3.29. The number of carbonyl (C=O) groups is 3. The first-order chi connectivity index (χ1) is 13.3. The van der Waals surface area contributed by atoms with E-state index in [0.717, 1.165) is 6.42 Å². The highest BCUT2D eigenvalue weighted by Crippen LogP contribution is 2.20. The van der Waals surface area contributed by atoms with Gasteiger partial charge in [0.25, 0.3) is 5.91 Å². The molecule has 2 rings (SSSR count). The molecule has 7 heteroatoms. The summed E-state index contributed by atoms with van der Waals surface area (Å²) in [4.78, 5) is 39.4. The van der Waals surface area contributed by atoms with Crippen LogP contribution < -0.4 is 10.6 Å². The average Bonchev–Trinajstić information content (AvgIpc) is 2.70. The maximum absolute atomic E-state index is 13.0. The Hall–Kier alpha value is -2.08. The number of piperidine rings is 1. The summed E-state index contributed by atoms with van der Waals surface area (Å²) in [5, 5.41) is 6.34. The summed E-state index contributed by atoms with van der Waals surface area (Å²) in [6, 6.07) is 5.97. The van der Waals surface area contributed by atoms with Crippen molar-refractivity contribution in [2.45, 2.75) is 46.1 Å². The summed E-state index contributed by atoms with van der Waals surface area (Å²) in [6.07, 6.45) is 2.21. The van der Waals surface area contributed by atoms with E-state index in [2.05, 4.69) is 10.6 Å².